The summed E-state index contributed by atoms with van der Waals surface area (Å²) in [4.78, 5) is 53.3. The molecular weight excluding hydrogens is 440 g/mol. The van der Waals surface area contributed by atoms with Gasteiger partial charge >= 0.3 is 17.6 Å². The summed E-state index contributed by atoms with van der Waals surface area (Å²) in [6, 6.07) is 4.65. The Morgan fingerprint density at radius 1 is 0.912 bits per heavy atom. The molecule has 3 rings (SSSR count). The average Bonchev–Trinajstić information content (AvgIpc) is 3.08. The van der Waals surface area contributed by atoms with Crippen molar-refractivity contribution in [3.05, 3.63) is 50.4 Å². The largest absolute Gasteiger partial charge is 0.427 e. The minimum atomic E-state index is -0.512. The van der Waals surface area contributed by atoms with E-state index < -0.39 is 11.9 Å². The summed E-state index contributed by atoms with van der Waals surface area (Å²) in [5.74, 6) is -0.132. The van der Waals surface area contributed by atoms with Crippen LogP contribution < -0.4 is 20.7 Å². The standard InChI is InChI=1S/C24H28N4O6/c1-6-10-27-22-21(23(31)28(11-7-2)24(27)32)26(5)20(25-22)9-8-17-12-18(33-15(3)29)14-19(13-17)34-16(4)30/h8-9,12-14H,6-7,10-11H2,1-5H3/b9-8+. The molecule has 0 saturated carbocycles. The number of rotatable bonds is 8. The summed E-state index contributed by atoms with van der Waals surface area (Å²) >= 11 is 0. The van der Waals surface area contributed by atoms with E-state index in [0.29, 0.717) is 48.5 Å². The average molecular weight is 469 g/mol. The van der Waals surface area contributed by atoms with Gasteiger partial charge in [0.05, 0.1) is 0 Å². The maximum Gasteiger partial charge on any atom is 0.332 e. The number of aromatic nitrogens is 4. The van der Waals surface area contributed by atoms with Crippen LogP contribution in [-0.2, 0) is 29.7 Å². The molecule has 2 heterocycles. The Morgan fingerprint density at radius 3 is 2.00 bits per heavy atom. The SMILES string of the molecule is CCCn1c(=O)c2c(nc(/C=C/c3cc(OC(C)=O)cc(OC(C)=O)c3)n2C)n(CCC)c1=O. The summed E-state index contributed by atoms with van der Waals surface area (Å²) in [6.07, 6.45) is 4.73. The first-order chi connectivity index (χ1) is 16.2. The van der Waals surface area contributed by atoms with E-state index in [1.807, 2.05) is 13.8 Å². The van der Waals surface area contributed by atoms with Crippen LogP contribution in [0.5, 0.6) is 11.5 Å². The van der Waals surface area contributed by atoms with Gasteiger partial charge in [-0.1, -0.05) is 19.9 Å². The molecule has 2 aromatic heterocycles. The van der Waals surface area contributed by atoms with Crippen LogP contribution in [0, 0.1) is 0 Å². The molecule has 0 radical (unpaired) electrons. The molecule has 10 nitrogen and oxygen atoms in total. The van der Waals surface area contributed by atoms with Gasteiger partial charge in [-0.2, -0.15) is 0 Å². The minimum absolute atomic E-state index is 0.218. The van der Waals surface area contributed by atoms with Crippen molar-refractivity contribution in [1.29, 1.82) is 0 Å². The van der Waals surface area contributed by atoms with Gasteiger partial charge in [-0.15, -0.1) is 0 Å². The molecule has 0 aliphatic carbocycles. The minimum Gasteiger partial charge on any atom is -0.427 e. The Morgan fingerprint density at radius 2 is 1.47 bits per heavy atom. The number of carbonyl (C=O) groups excluding carboxylic acids is 2. The van der Waals surface area contributed by atoms with Crippen molar-refractivity contribution >= 4 is 35.3 Å². The second-order valence-electron chi connectivity index (χ2n) is 7.85. The predicted molar refractivity (Wildman–Crippen MR) is 128 cm³/mol. The van der Waals surface area contributed by atoms with Gasteiger partial charge in [0.1, 0.15) is 17.3 Å². The molecule has 0 aliphatic rings. The molecule has 0 aliphatic heterocycles. The highest BCUT2D eigenvalue weighted by molar-refractivity contribution is 5.78. The number of imidazole rings is 1. The van der Waals surface area contributed by atoms with Crippen LogP contribution in [0.15, 0.2) is 27.8 Å². The zero-order valence-corrected chi connectivity index (χ0v) is 20.0. The summed E-state index contributed by atoms with van der Waals surface area (Å²) in [5.41, 5.74) is 0.514. The number of aryl methyl sites for hydroxylation is 2. The van der Waals surface area contributed by atoms with E-state index in [9.17, 15) is 19.2 Å². The van der Waals surface area contributed by atoms with E-state index in [1.54, 1.807) is 35.9 Å². The lowest BCUT2D eigenvalue weighted by Crippen LogP contribution is -2.40. The number of benzene rings is 1. The lowest BCUT2D eigenvalue weighted by atomic mass is 10.2. The first-order valence-electron chi connectivity index (χ1n) is 11.1. The summed E-state index contributed by atoms with van der Waals surface area (Å²) in [5, 5.41) is 0. The molecule has 10 heteroatoms. The number of hydrogen-bond acceptors (Lipinski definition) is 7. The summed E-state index contributed by atoms with van der Waals surface area (Å²) < 4.78 is 14.7. The van der Waals surface area contributed by atoms with Crippen molar-refractivity contribution in [1.82, 2.24) is 18.7 Å². The molecular formula is C24H28N4O6. The molecule has 0 N–H and O–H groups in total. The Hall–Kier alpha value is -3.95. The Balaban J connectivity index is 2.13. The molecule has 0 unspecified atom stereocenters. The lowest BCUT2D eigenvalue weighted by Gasteiger charge is -2.10. The Kier molecular flexibility index (Phi) is 7.50. The van der Waals surface area contributed by atoms with E-state index in [2.05, 4.69) is 4.98 Å². The van der Waals surface area contributed by atoms with Gasteiger partial charge in [-0.05, 0) is 36.6 Å². The topological polar surface area (TPSA) is 114 Å². The van der Waals surface area contributed by atoms with Gasteiger partial charge in [-0.25, -0.2) is 9.78 Å². The van der Waals surface area contributed by atoms with Gasteiger partial charge in [0, 0.05) is 40.1 Å². The number of nitrogens with zero attached hydrogens (tertiary/aromatic N) is 4. The van der Waals surface area contributed by atoms with E-state index in [0.717, 1.165) is 0 Å². The second kappa shape index (κ2) is 10.3. The van der Waals surface area contributed by atoms with Gasteiger partial charge < -0.3 is 14.0 Å². The van der Waals surface area contributed by atoms with Crippen LogP contribution in [0.1, 0.15) is 51.9 Å². The molecule has 34 heavy (non-hydrogen) atoms. The molecule has 0 spiro atoms. The normalized spacial score (nSPS) is 11.3. The molecule has 180 valence electrons. The highest BCUT2D eigenvalue weighted by Crippen LogP contribution is 2.25. The highest BCUT2D eigenvalue weighted by atomic mass is 16.5. The van der Waals surface area contributed by atoms with Crippen molar-refractivity contribution in [2.45, 2.75) is 53.6 Å². The first-order valence-corrected chi connectivity index (χ1v) is 11.1. The first kappa shape index (κ1) is 24.7. The van der Waals surface area contributed by atoms with Gasteiger partial charge in [0.2, 0.25) is 0 Å². The fraction of sp³-hybridized carbons (Fsp3) is 0.375. The van der Waals surface area contributed by atoms with Crippen molar-refractivity contribution < 1.29 is 19.1 Å². The van der Waals surface area contributed by atoms with E-state index in [1.165, 1.54) is 29.0 Å². The van der Waals surface area contributed by atoms with E-state index in [-0.39, 0.29) is 22.7 Å². The van der Waals surface area contributed by atoms with Crippen LogP contribution >= 0.6 is 0 Å². The fourth-order valence-electron chi connectivity index (χ4n) is 3.68. The van der Waals surface area contributed by atoms with Gasteiger partial charge in [-0.3, -0.25) is 23.5 Å². The van der Waals surface area contributed by atoms with Crippen LogP contribution in [0.4, 0.5) is 0 Å². The maximum atomic E-state index is 13.1. The van der Waals surface area contributed by atoms with Crippen molar-refractivity contribution in [3.63, 3.8) is 0 Å². The van der Waals surface area contributed by atoms with E-state index in [4.69, 9.17) is 9.47 Å². The molecule has 0 amide bonds. The van der Waals surface area contributed by atoms with Crippen molar-refractivity contribution in [2.24, 2.45) is 7.05 Å². The molecule has 0 saturated heterocycles. The predicted octanol–water partition coefficient (Wildman–Crippen LogP) is 2.74. The fourth-order valence-corrected chi connectivity index (χ4v) is 3.68. The Labute approximate surface area is 196 Å². The van der Waals surface area contributed by atoms with Crippen LogP contribution in [-0.4, -0.2) is 30.6 Å². The zero-order valence-electron chi connectivity index (χ0n) is 20.0. The van der Waals surface area contributed by atoms with Crippen LogP contribution in [0.3, 0.4) is 0 Å². The maximum absolute atomic E-state index is 13.1. The second-order valence-corrected chi connectivity index (χ2v) is 7.85. The van der Waals surface area contributed by atoms with E-state index >= 15 is 0 Å². The third-order valence-electron chi connectivity index (χ3n) is 5.02. The number of hydrogen-bond donors (Lipinski definition) is 0. The smallest absolute Gasteiger partial charge is 0.332 e. The van der Waals surface area contributed by atoms with Crippen LogP contribution in [0.25, 0.3) is 23.3 Å². The molecule has 0 atom stereocenters. The number of esters is 2. The highest BCUT2D eigenvalue weighted by Gasteiger charge is 2.18. The molecule has 1 aromatic carbocycles. The zero-order chi connectivity index (χ0) is 25.0. The summed E-state index contributed by atoms with van der Waals surface area (Å²) in [6.45, 7) is 7.17. The summed E-state index contributed by atoms with van der Waals surface area (Å²) in [7, 11) is 1.72. The van der Waals surface area contributed by atoms with Gasteiger partial charge in [0.25, 0.3) is 5.56 Å². The lowest BCUT2D eigenvalue weighted by molar-refractivity contribution is -0.132. The number of carbonyl (C=O) groups is 2. The van der Waals surface area contributed by atoms with Gasteiger partial charge in [0.15, 0.2) is 11.2 Å². The van der Waals surface area contributed by atoms with Crippen molar-refractivity contribution in [3.8, 4) is 11.5 Å². The van der Waals surface area contributed by atoms with Crippen LogP contribution in [0.2, 0.25) is 0 Å². The molecule has 3 aromatic rings. The Bertz CT molecular complexity index is 1360. The third-order valence-corrected chi connectivity index (χ3v) is 5.02. The molecule has 0 bridgehead atoms. The molecule has 0 fully saturated rings. The third kappa shape index (κ3) is 5.16. The number of fused-ring (bicyclic) bond motifs is 1. The van der Waals surface area contributed by atoms with Crippen molar-refractivity contribution in [2.75, 3.05) is 0 Å². The quantitative estimate of drug-likeness (QED) is 0.369. The monoisotopic (exact) mass is 468 g/mol. The number of ether oxygens (including phenoxy) is 2.